The van der Waals surface area contributed by atoms with Crippen molar-refractivity contribution < 1.29 is 17.9 Å². The van der Waals surface area contributed by atoms with Crippen LogP contribution in [-0.4, -0.2) is 18.4 Å². The molecule has 0 radical (unpaired) electrons. The summed E-state index contributed by atoms with van der Waals surface area (Å²) in [5.74, 6) is -0.254. The van der Waals surface area contributed by atoms with Gasteiger partial charge in [0.2, 0.25) is 5.43 Å². The van der Waals surface area contributed by atoms with E-state index in [9.17, 15) is 18.0 Å². The third kappa shape index (κ3) is 5.74. The Hall–Kier alpha value is -3.71. The first-order valence-corrected chi connectivity index (χ1v) is 11.6. The van der Waals surface area contributed by atoms with Gasteiger partial charge in [-0.05, 0) is 66.4 Å². The number of H-pyrrole nitrogens is 1. The number of hydrogen-bond acceptors (Lipinski definition) is 3. The number of ether oxygens (including phenoxy) is 1. The van der Waals surface area contributed by atoms with E-state index < -0.39 is 6.36 Å². The van der Waals surface area contributed by atoms with Gasteiger partial charge in [0, 0.05) is 36.2 Å². The smallest absolute Gasteiger partial charge is 0.406 e. The third-order valence-electron chi connectivity index (χ3n) is 5.87. The first-order valence-electron chi connectivity index (χ1n) is 11.2. The van der Waals surface area contributed by atoms with Crippen LogP contribution in [0.15, 0.2) is 77.6 Å². The van der Waals surface area contributed by atoms with E-state index in [-0.39, 0.29) is 16.2 Å². The lowest BCUT2D eigenvalue weighted by Gasteiger charge is -2.20. The molecule has 0 aliphatic heterocycles. The maximum absolute atomic E-state index is 12.7. The van der Waals surface area contributed by atoms with Crippen molar-refractivity contribution >= 4 is 17.3 Å². The van der Waals surface area contributed by atoms with E-state index in [0.717, 1.165) is 33.6 Å². The summed E-state index contributed by atoms with van der Waals surface area (Å²) in [6.45, 7) is 4.18. The first-order chi connectivity index (χ1) is 17.0. The highest BCUT2D eigenvalue weighted by molar-refractivity contribution is 6.31. The van der Waals surface area contributed by atoms with Crippen molar-refractivity contribution in [2.45, 2.75) is 26.8 Å². The zero-order valence-electron chi connectivity index (χ0n) is 19.9. The second-order valence-electron chi connectivity index (χ2n) is 8.57. The number of aryl methyl sites for hydroxylation is 2. The minimum absolute atomic E-state index is 0.193. The van der Waals surface area contributed by atoms with Crippen molar-refractivity contribution in [2.75, 3.05) is 11.9 Å². The van der Waals surface area contributed by atoms with E-state index in [1.807, 2.05) is 61.3 Å². The molecular weight excluding hydrogens is 489 g/mol. The highest BCUT2D eigenvalue weighted by Crippen LogP contribution is 2.28. The SMILES string of the molecule is Cc1[nH]c(C)c(-c2ccc(-c3cccc(CN(C)c4ccc(OC(F)(F)F)cc4)c3)cc2)c(=O)c1Cl. The predicted octanol–water partition coefficient (Wildman–Crippen LogP) is 7.51. The van der Waals surface area contributed by atoms with Gasteiger partial charge in [-0.25, -0.2) is 0 Å². The second-order valence-corrected chi connectivity index (χ2v) is 8.95. The van der Waals surface area contributed by atoms with Gasteiger partial charge in [-0.2, -0.15) is 0 Å². The molecule has 3 aromatic carbocycles. The summed E-state index contributed by atoms with van der Waals surface area (Å²) < 4.78 is 41.1. The lowest BCUT2D eigenvalue weighted by Crippen LogP contribution is -2.18. The summed E-state index contributed by atoms with van der Waals surface area (Å²) in [7, 11) is 1.87. The average Bonchev–Trinajstić information content (AvgIpc) is 2.83. The van der Waals surface area contributed by atoms with Crippen LogP contribution in [0.1, 0.15) is 17.0 Å². The molecule has 1 aromatic heterocycles. The Bertz CT molecular complexity index is 1430. The third-order valence-corrected chi connectivity index (χ3v) is 6.33. The van der Waals surface area contributed by atoms with Crippen molar-refractivity contribution in [3.63, 3.8) is 0 Å². The van der Waals surface area contributed by atoms with Gasteiger partial charge in [-0.15, -0.1) is 13.2 Å². The number of alkyl halides is 3. The molecule has 4 aromatic rings. The normalized spacial score (nSPS) is 11.4. The Morgan fingerprint density at radius 2 is 1.53 bits per heavy atom. The van der Waals surface area contributed by atoms with E-state index in [1.165, 1.54) is 12.1 Å². The Kier molecular flexibility index (Phi) is 7.13. The predicted molar refractivity (Wildman–Crippen MR) is 138 cm³/mol. The van der Waals surface area contributed by atoms with Crippen molar-refractivity contribution in [1.82, 2.24) is 4.98 Å². The first kappa shape index (κ1) is 25.4. The summed E-state index contributed by atoms with van der Waals surface area (Å²) in [6.07, 6.45) is -4.71. The standard InChI is InChI=1S/C28H24ClF3N2O2/c1-17-25(27(35)26(29)18(2)33-17)21-9-7-20(8-10-21)22-6-4-5-19(15-22)16-34(3)23-11-13-24(14-12-23)36-28(30,31)32/h4-15H,16H2,1-3H3,(H,33,35). The van der Waals surface area contributed by atoms with Gasteiger partial charge in [0.1, 0.15) is 10.8 Å². The van der Waals surface area contributed by atoms with Crippen LogP contribution in [-0.2, 0) is 6.54 Å². The number of aromatic nitrogens is 1. The highest BCUT2D eigenvalue weighted by atomic mass is 35.5. The van der Waals surface area contributed by atoms with Gasteiger partial charge in [0.25, 0.3) is 0 Å². The summed E-state index contributed by atoms with van der Waals surface area (Å²) in [5.41, 5.74) is 6.35. The van der Waals surface area contributed by atoms with Crippen LogP contribution in [0.4, 0.5) is 18.9 Å². The van der Waals surface area contributed by atoms with E-state index in [4.69, 9.17) is 11.6 Å². The number of halogens is 4. The molecule has 0 amide bonds. The van der Waals surface area contributed by atoms with Crippen molar-refractivity contribution in [3.8, 4) is 28.0 Å². The molecule has 0 bridgehead atoms. The van der Waals surface area contributed by atoms with Gasteiger partial charge in [-0.1, -0.05) is 54.1 Å². The second kappa shape index (κ2) is 10.1. The molecule has 8 heteroatoms. The molecule has 0 spiro atoms. The van der Waals surface area contributed by atoms with Crippen molar-refractivity contribution in [3.05, 3.63) is 105 Å². The summed E-state index contributed by atoms with van der Waals surface area (Å²) >= 11 is 6.17. The average molecular weight is 513 g/mol. The molecular formula is C28H24ClF3N2O2. The zero-order chi connectivity index (χ0) is 26.0. The number of nitrogens with zero attached hydrogens (tertiary/aromatic N) is 1. The zero-order valence-corrected chi connectivity index (χ0v) is 20.7. The van der Waals surface area contributed by atoms with Crippen LogP contribution in [0.25, 0.3) is 22.3 Å². The fourth-order valence-electron chi connectivity index (χ4n) is 4.14. The van der Waals surface area contributed by atoms with Gasteiger partial charge >= 0.3 is 6.36 Å². The highest BCUT2D eigenvalue weighted by Gasteiger charge is 2.31. The van der Waals surface area contributed by atoms with Crippen molar-refractivity contribution in [2.24, 2.45) is 0 Å². The number of anilines is 1. The minimum Gasteiger partial charge on any atom is -0.406 e. The number of nitrogens with one attached hydrogen (secondary N) is 1. The molecule has 1 N–H and O–H groups in total. The van der Waals surface area contributed by atoms with Crippen LogP contribution >= 0.6 is 11.6 Å². The Balaban J connectivity index is 1.51. The Labute approximate surface area is 211 Å². The molecule has 4 nitrogen and oxygen atoms in total. The summed E-state index contributed by atoms with van der Waals surface area (Å²) in [5, 5.41) is 0.194. The van der Waals surface area contributed by atoms with Crippen LogP contribution in [0.2, 0.25) is 5.02 Å². The molecule has 36 heavy (non-hydrogen) atoms. The number of rotatable bonds is 6. The molecule has 0 saturated carbocycles. The maximum atomic E-state index is 12.7. The molecule has 0 fully saturated rings. The van der Waals surface area contributed by atoms with Crippen LogP contribution in [0.3, 0.4) is 0 Å². The Morgan fingerprint density at radius 1 is 0.889 bits per heavy atom. The molecule has 0 saturated heterocycles. The molecule has 186 valence electrons. The number of pyridine rings is 1. The van der Waals surface area contributed by atoms with Gasteiger partial charge in [-0.3, -0.25) is 4.79 Å². The maximum Gasteiger partial charge on any atom is 0.573 e. The lowest BCUT2D eigenvalue weighted by molar-refractivity contribution is -0.274. The van der Waals surface area contributed by atoms with Gasteiger partial charge in [0.15, 0.2) is 0 Å². The monoisotopic (exact) mass is 512 g/mol. The van der Waals surface area contributed by atoms with E-state index in [0.29, 0.717) is 17.8 Å². The molecule has 4 rings (SSSR count). The topological polar surface area (TPSA) is 45.3 Å². The number of aromatic amines is 1. The van der Waals surface area contributed by atoms with Gasteiger partial charge < -0.3 is 14.6 Å². The lowest BCUT2D eigenvalue weighted by atomic mass is 9.98. The van der Waals surface area contributed by atoms with Crippen LogP contribution in [0, 0.1) is 13.8 Å². The quantitative estimate of drug-likeness (QED) is 0.291. The summed E-state index contributed by atoms with van der Waals surface area (Å²) in [4.78, 5) is 17.8. The molecule has 0 aliphatic rings. The molecule has 0 atom stereocenters. The molecule has 1 heterocycles. The minimum atomic E-state index is -4.71. The largest absolute Gasteiger partial charge is 0.573 e. The van der Waals surface area contributed by atoms with E-state index >= 15 is 0 Å². The van der Waals surface area contributed by atoms with Crippen LogP contribution < -0.4 is 15.1 Å². The Morgan fingerprint density at radius 3 is 2.17 bits per heavy atom. The van der Waals surface area contributed by atoms with Crippen LogP contribution in [0.5, 0.6) is 5.75 Å². The fourth-order valence-corrected chi connectivity index (χ4v) is 4.28. The van der Waals surface area contributed by atoms with Crippen molar-refractivity contribution in [1.29, 1.82) is 0 Å². The molecule has 0 unspecified atom stereocenters. The molecule has 0 aliphatic carbocycles. The van der Waals surface area contributed by atoms with E-state index in [2.05, 4.69) is 15.8 Å². The van der Waals surface area contributed by atoms with E-state index in [1.54, 1.807) is 19.1 Å². The number of hydrogen-bond donors (Lipinski definition) is 1. The number of benzene rings is 3. The van der Waals surface area contributed by atoms with Gasteiger partial charge in [0.05, 0.1) is 0 Å². The fraction of sp³-hybridized carbons (Fsp3) is 0.179. The summed E-state index contributed by atoms with van der Waals surface area (Å²) in [6, 6.07) is 21.5.